The number of benzene rings is 1. The van der Waals surface area contributed by atoms with Crippen LogP contribution in [0.15, 0.2) is 43.1 Å². The van der Waals surface area contributed by atoms with E-state index in [9.17, 15) is 14.4 Å². The maximum atomic E-state index is 12.6. The van der Waals surface area contributed by atoms with Crippen LogP contribution in [-0.4, -0.2) is 35.3 Å². The second-order valence-corrected chi connectivity index (χ2v) is 5.43. The molecule has 118 valence electrons. The molecular weight excluding hydrogens is 296 g/mol. The van der Waals surface area contributed by atoms with Crippen molar-refractivity contribution in [3.63, 3.8) is 0 Å². The number of rotatable bonds is 4. The monoisotopic (exact) mass is 312 g/mol. The van der Waals surface area contributed by atoms with Crippen molar-refractivity contribution in [2.75, 3.05) is 6.61 Å². The summed E-state index contributed by atoms with van der Waals surface area (Å²) in [5.41, 5.74) is 1.15. The molecule has 0 aliphatic carbocycles. The lowest BCUT2D eigenvalue weighted by Crippen LogP contribution is -2.51. The molecule has 0 saturated carbocycles. The van der Waals surface area contributed by atoms with E-state index >= 15 is 0 Å². The zero-order valence-electron chi connectivity index (χ0n) is 12.5. The van der Waals surface area contributed by atoms with Gasteiger partial charge in [0, 0.05) is 5.70 Å². The Bertz CT molecular complexity index is 738. The van der Waals surface area contributed by atoms with Gasteiger partial charge in [0.15, 0.2) is 0 Å². The Morgan fingerprint density at radius 3 is 2.70 bits per heavy atom. The number of allylic oxidation sites excluding steroid dienone is 1. The number of imide groups is 1. The number of hydrogen-bond acceptors (Lipinski definition) is 4. The van der Waals surface area contributed by atoms with Crippen LogP contribution in [0.4, 0.5) is 0 Å². The van der Waals surface area contributed by atoms with Gasteiger partial charge in [-0.15, -0.1) is 0 Å². The fourth-order valence-corrected chi connectivity index (χ4v) is 2.78. The van der Waals surface area contributed by atoms with Crippen LogP contribution >= 0.6 is 0 Å². The van der Waals surface area contributed by atoms with Crippen LogP contribution in [0.3, 0.4) is 0 Å². The standard InChI is InChI=1S/C17H16N2O4/c1-3-8-23-11-5-6-12-13(9-11)17(22)19(16(12)21)14-7-4-10(2)18-15(14)20/h3,5-6,9,14H,1-2,4,7-8H2,(H,18,20). The number of fused-ring (bicyclic) bond motifs is 1. The molecule has 1 N–H and O–H groups in total. The van der Waals surface area contributed by atoms with E-state index in [1.807, 2.05) is 0 Å². The molecule has 23 heavy (non-hydrogen) atoms. The van der Waals surface area contributed by atoms with Gasteiger partial charge in [-0.05, 0) is 31.0 Å². The van der Waals surface area contributed by atoms with Gasteiger partial charge in [-0.3, -0.25) is 19.3 Å². The molecule has 1 aromatic rings. The molecule has 0 aromatic heterocycles. The van der Waals surface area contributed by atoms with Crippen molar-refractivity contribution >= 4 is 17.7 Å². The first kappa shape index (κ1) is 15.0. The first-order valence-corrected chi connectivity index (χ1v) is 7.27. The van der Waals surface area contributed by atoms with E-state index in [0.29, 0.717) is 30.9 Å². The Morgan fingerprint density at radius 1 is 1.26 bits per heavy atom. The van der Waals surface area contributed by atoms with Crippen molar-refractivity contribution < 1.29 is 19.1 Å². The molecule has 1 aromatic carbocycles. The first-order chi connectivity index (χ1) is 11.0. The summed E-state index contributed by atoms with van der Waals surface area (Å²) in [5.74, 6) is -0.818. The van der Waals surface area contributed by atoms with E-state index in [1.54, 1.807) is 18.2 Å². The number of hydrogen-bond donors (Lipinski definition) is 1. The minimum absolute atomic E-state index is 0.258. The largest absolute Gasteiger partial charge is 0.490 e. The Balaban J connectivity index is 1.89. The van der Waals surface area contributed by atoms with Gasteiger partial charge in [0.1, 0.15) is 18.4 Å². The summed E-state index contributed by atoms with van der Waals surface area (Å²) in [4.78, 5) is 38.2. The van der Waals surface area contributed by atoms with Crippen molar-refractivity contribution in [1.82, 2.24) is 10.2 Å². The molecule has 1 atom stereocenters. The molecule has 0 radical (unpaired) electrons. The average Bonchev–Trinajstić information content (AvgIpc) is 2.77. The van der Waals surface area contributed by atoms with Crippen LogP contribution < -0.4 is 10.1 Å². The predicted octanol–water partition coefficient (Wildman–Crippen LogP) is 1.64. The van der Waals surface area contributed by atoms with Crippen LogP contribution in [0.25, 0.3) is 0 Å². The first-order valence-electron chi connectivity index (χ1n) is 7.27. The van der Waals surface area contributed by atoms with Crippen molar-refractivity contribution in [2.45, 2.75) is 18.9 Å². The molecule has 2 aliphatic heterocycles. The van der Waals surface area contributed by atoms with E-state index in [1.165, 1.54) is 6.07 Å². The summed E-state index contributed by atoms with van der Waals surface area (Å²) in [6.45, 7) is 7.56. The molecule has 3 amide bonds. The molecule has 1 saturated heterocycles. The van der Waals surface area contributed by atoms with Gasteiger partial charge < -0.3 is 10.1 Å². The van der Waals surface area contributed by atoms with E-state index in [2.05, 4.69) is 18.5 Å². The fraction of sp³-hybridized carbons (Fsp3) is 0.235. The number of ether oxygens (including phenoxy) is 1. The summed E-state index contributed by atoms with van der Waals surface area (Å²) in [7, 11) is 0. The van der Waals surface area contributed by atoms with Crippen LogP contribution in [0, 0.1) is 0 Å². The second kappa shape index (κ2) is 5.72. The zero-order valence-corrected chi connectivity index (χ0v) is 12.5. The van der Waals surface area contributed by atoms with Gasteiger partial charge in [0.05, 0.1) is 11.1 Å². The van der Waals surface area contributed by atoms with Crippen molar-refractivity contribution in [3.05, 3.63) is 54.3 Å². The number of carbonyl (C=O) groups is 3. The number of piperidine rings is 1. The Labute approximate surface area is 133 Å². The summed E-state index contributed by atoms with van der Waals surface area (Å²) in [5, 5.41) is 2.60. The van der Waals surface area contributed by atoms with Gasteiger partial charge in [-0.25, -0.2) is 0 Å². The van der Waals surface area contributed by atoms with Crippen molar-refractivity contribution in [2.24, 2.45) is 0 Å². The second-order valence-electron chi connectivity index (χ2n) is 5.43. The Morgan fingerprint density at radius 2 is 2.00 bits per heavy atom. The molecule has 2 heterocycles. The summed E-state index contributed by atoms with van der Waals surface area (Å²) >= 11 is 0. The summed E-state index contributed by atoms with van der Waals surface area (Å²) in [6, 6.07) is 3.90. The van der Waals surface area contributed by atoms with Gasteiger partial charge >= 0.3 is 0 Å². The van der Waals surface area contributed by atoms with Crippen LogP contribution in [0.5, 0.6) is 5.75 Å². The molecule has 1 unspecified atom stereocenters. The van der Waals surface area contributed by atoms with E-state index in [-0.39, 0.29) is 17.0 Å². The molecule has 1 fully saturated rings. The SMILES string of the molecule is C=CCOc1ccc2c(c1)C(=O)N(C1CCC(=C)NC1=O)C2=O. The maximum Gasteiger partial charge on any atom is 0.262 e. The minimum atomic E-state index is -0.801. The molecule has 6 nitrogen and oxygen atoms in total. The molecule has 3 rings (SSSR count). The van der Waals surface area contributed by atoms with E-state index < -0.39 is 17.9 Å². The normalized spacial score (nSPS) is 20.3. The Kier molecular flexibility index (Phi) is 3.73. The number of nitrogens with zero attached hydrogens (tertiary/aromatic N) is 1. The maximum absolute atomic E-state index is 12.6. The minimum Gasteiger partial charge on any atom is -0.490 e. The third-order valence-corrected chi connectivity index (χ3v) is 3.89. The van der Waals surface area contributed by atoms with E-state index in [4.69, 9.17) is 4.74 Å². The smallest absolute Gasteiger partial charge is 0.262 e. The fourth-order valence-electron chi connectivity index (χ4n) is 2.78. The summed E-state index contributed by atoms with van der Waals surface area (Å²) in [6.07, 6.45) is 2.51. The lowest BCUT2D eigenvalue weighted by Gasteiger charge is -2.29. The highest BCUT2D eigenvalue weighted by molar-refractivity contribution is 6.23. The molecule has 0 bridgehead atoms. The van der Waals surface area contributed by atoms with Gasteiger partial charge in [-0.2, -0.15) is 0 Å². The molecule has 2 aliphatic rings. The zero-order chi connectivity index (χ0) is 16.6. The average molecular weight is 312 g/mol. The third kappa shape index (κ3) is 2.52. The van der Waals surface area contributed by atoms with Crippen LogP contribution in [0.1, 0.15) is 33.6 Å². The van der Waals surface area contributed by atoms with E-state index in [0.717, 1.165) is 4.90 Å². The van der Waals surface area contributed by atoms with Crippen LogP contribution in [-0.2, 0) is 4.79 Å². The van der Waals surface area contributed by atoms with Gasteiger partial charge in [0.2, 0.25) is 5.91 Å². The summed E-state index contributed by atoms with van der Waals surface area (Å²) < 4.78 is 5.39. The van der Waals surface area contributed by atoms with Crippen molar-refractivity contribution in [1.29, 1.82) is 0 Å². The highest BCUT2D eigenvalue weighted by Crippen LogP contribution is 2.30. The Hall–Kier alpha value is -2.89. The third-order valence-electron chi connectivity index (χ3n) is 3.89. The lowest BCUT2D eigenvalue weighted by atomic mass is 10.0. The molecular formula is C17H16N2O4. The lowest BCUT2D eigenvalue weighted by molar-refractivity contribution is -0.125. The number of amides is 3. The quantitative estimate of drug-likeness (QED) is 0.677. The molecule has 0 spiro atoms. The highest BCUT2D eigenvalue weighted by atomic mass is 16.5. The highest BCUT2D eigenvalue weighted by Gasteiger charge is 2.44. The molecule has 6 heteroatoms. The van der Waals surface area contributed by atoms with Crippen LogP contribution in [0.2, 0.25) is 0 Å². The van der Waals surface area contributed by atoms with Gasteiger partial charge in [-0.1, -0.05) is 19.2 Å². The predicted molar refractivity (Wildman–Crippen MR) is 82.9 cm³/mol. The number of carbonyl (C=O) groups excluding carboxylic acids is 3. The van der Waals surface area contributed by atoms with Crippen molar-refractivity contribution in [3.8, 4) is 5.75 Å². The topological polar surface area (TPSA) is 75.7 Å². The number of nitrogens with one attached hydrogen (secondary N) is 1. The van der Waals surface area contributed by atoms with Gasteiger partial charge in [0.25, 0.3) is 11.8 Å².